The van der Waals surface area contributed by atoms with Crippen LogP contribution in [0, 0.1) is 0 Å². The van der Waals surface area contributed by atoms with Gasteiger partial charge in [0.1, 0.15) is 12.1 Å². The molecule has 1 aliphatic rings. The Morgan fingerprint density at radius 1 is 1.10 bits per heavy atom. The van der Waals surface area contributed by atoms with Crippen LogP contribution in [0.3, 0.4) is 0 Å². The maximum Gasteiger partial charge on any atom is 0.325 e. The van der Waals surface area contributed by atoms with Gasteiger partial charge in [-0.2, -0.15) is 0 Å². The smallest absolute Gasteiger partial charge is 0.325 e. The van der Waals surface area contributed by atoms with E-state index < -0.39 is 17.5 Å². The number of hydrogen-bond donors (Lipinski definition) is 2. The topological polar surface area (TPSA) is 98.8 Å². The Kier molecular flexibility index (Phi) is 7.36. The summed E-state index contributed by atoms with van der Waals surface area (Å²) < 4.78 is 0. The molecular weight excluding hydrogens is 372 g/mol. The van der Waals surface area contributed by atoms with Crippen molar-refractivity contribution in [2.45, 2.75) is 51.5 Å². The molecular formula is C21H30N4O4. The number of rotatable bonds is 9. The number of nitrogens with one attached hydrogen (secondary N) is 2. The van der Waals surface area contributed by atoms with Gasteiger partial charge in [0.2, 0.25) is 5.91 Å². The third kappa shape index (κ3) is 5.56. The first-order chi connectivity index (χ1) is 13.7. The fraction of sp³-hybridized carbons (Fsp3) is 0.524. The van der Waals surface area contributed by atoms with E-state index in [1.807, 2.05) is 0 Å². The van der Waals surface area contributed by atoms with Gasteiger partial charge in [-0.3, -0.25) is 19.3 Å². The van der Waals surface area contributed by atoms with E-state index in [1.54, 1.807) is 45.3 Å². The zero-order valence-corrected chi connectivity index (χ0v) is 17.6. The van der Waals surface area contributed by atoms with E-state index in [0.717, 1.165) is 30.6 Å². The van der Waals surface area contributed by atoms with Crippen LogP contribution in [0.1, 0.15) is 56.3 Å². The summed E-state index contributed by atoms with van der Waals surface area (Å²) in [6, 6.07) is 5.89. The minimum Gasteiger partial charge on any atom is -0.345 e. The molecule has 1 unspecified atom stereocenters. The van der Waals surface area contributed by atoms with Gasteiger partial charge in [-0.1, -0.05) is 32.6 Å². The molecule has 1 saturated heterocycles. The number of urea groups is 1. The number of nitrogens with zero attached hydrogens (tertiary/aromatic N) is 2. The lowest BCUT2D eigenvalue weighted by molar-refractivity contribution is -0.133. The fourth-order valence-corrected chi connectivity index (χ4v) is 3.26. The summed E-state index contributed by atoms with van der Waals surface area (Å²) in [6.45, 7) is 3.46. The van der Waals surface area contributed by atoms with E-state index in [2.05, 4.69) is 17.6 Å². The Bertz CT molecular complexity index is 775. The van der Waals surface area contributed by atoms with E-state index in [4.69, 9.17) is 0 Å². The molecule has 0 saturated carbocycles. The predicted molar refractivity (Wildman–Crippen MR) is 110 cm³/mol. The van der Waals surface area contributed by atoms with E-state index in [-0.39, 0.29) is 18.4 Å². The standard InChI is InChI=1S/C21H30N4O4/c1-5-6-7-8-13-21(2)19(28)25(20(29)23-21)14-17(26)22-16-11-9-15(10-12-16)18(27)24(3)4/h9-12H,5-8,13-14H2,1-4H3,(H,22,26)(H,23,29). The average molecular weight is 402 g/mol. The van der Waals surface area contributed by atoms with Crippen LogP contribution < -0.4 is 10.6 Å². The molecule has 1 aromatic rings. The molecule has 0 spiro atoms. The Labute approximate surface area is 171 Å². The highest BCUT2D eigenvalue weighted by atomic mass is 16.2. The number of carbonyl (C=O) groups is 4. The fourth-order valence-electron chi connectivity index (χ4n) is 3.26. The van der Waals surface area contributed by atoms with Crippen molar-refractivity contribution < 1.29 is 19.2 Å². The van der Waals surface area contributed by atoms with Crippen molar-refractivity contribution >= 4 is 29.4 Å². The number of anilines is 1. The molecule has 8 heteroatoms. The second-order valence-electron chi connectivity index (χ2n) is 7.79. The SMILES string of the molecule is CCCCCCC1(C)NC(=O)N(CC(=O)Nc2ccc(C(=O)N(C)C)cc2)C1=O. The summed E-state index contributed by atoms with van der Waals surface area (Å²) in [5.74, 6) is -0.989. The molecule has 1 atom stereocenters. The zero-order chi connectivity index (χ0) is 21.6. The van der Waals surface area contributed by atoms with Crippen LogP contribution in [0.15, 0.2) is 24.3 Å². The molecule has 1 fully saturated rings. The van der Waals surface area contributed by atoms with E-state index in [0.29, 0.717) is 17.7 Å². The lowest BCUT2D eigenvalue weighted by Crippen LogP contribution is -2.44. The summed E-state index contributed by atoms with van der Waals surface area (Å²) in [5.41, 5.74) is 0.0277. The quantitative estimate of drug-likeness (QED) is 0.490. The molecule has 0 aromatic heterocycles. The molecule has 0 radical (unpaired) electrons. The molecule has 29 heavy (non-hydrogen) atoms. The number of hydrogen-bond acceptors (Lipinski definition) is 4. The van der Waals surface area contributed by atoms with E-state index in [9.17, 15) is 19.2 Å². The molecule has 1 heterocycles. The van der Waals surface area contributed by atoms with Crippen molar-refractivity contribution in [3.05, 3.63) is 29.8 Å². The zero-order valence-electron chi connectivity index (χ0n) is 17.6. The first-order valence-electron chi connectivity index (χ1n) is 9.93. The van der Waals surface area contributed by atoms with Gasteiger partial charge in [-0.05, 0) is 37.6 Å². The molecule has 2 N–H and O–H groups in total. The van der Waals surface area contributed by atoms with Gasteiger partial charge in [0.05, 0.1) is 0 Å². The van der Waals surface area contributed by atoms with Crippen LogP contribution in [-0.2, 0) is 9.59 Å². The Morgan fingerprint density at radius 2 is 1.76 bits per heavy atom. The van der Waals surface area contributed by atoms with Crippen LogP contribution >= 0.6 is 0 Å². The molecule has 1 aliphatic heterocycles. The van der Waals surface area contributed by atoms with E-state index in [1.165, 1.54) is 4.90 Å². The first kappa shape index (κ1) is 22.4. The number of imide groups is 1. The predicted octanol–water partition coefficient (Wildman–Crippen LogP) is 2.61. The lowest BCUT2D eigenvalue weighted by Gasteiger charge is -2.21. The maximum absolute atomic E-state index is 12.7. The minimum absolute atomic E-state index is 0.138. The van der Waals surface area contributed by atoms with E-state index >= 15 is 0 Å². The summed E-state index contributed by atoms with van der Waals surface area (Å²) in [7, 11) is 3.32. The summed E-state index contributed by atoms with van der Waals surface area (Å²) >= 11 is 0. The highest BCUT2D eigenvalue weighted by Gasteiger charge is 2.47. The molecule has 1 aromatic carbocycles. The number of amides is 5. The summed E-state index contributed by atoms with van der Waals surface area (Å²) in [4.78, 5) is 51.6. The number of benzene rings is 1. The van der Waals surface area contributed by atoms with Crippen molar-refractivity contribution in [1.29, 1.82) is 0 Å². The molecule has 0 bridgehead atoms. The monoisotopic (exact) mass is 402 g/mol. The van der Waals surface area contributed by atoms with Crippen LogP contribution in [0.25, 0.3) is 0 Å². The van der Waals surface area contributed by atoms with Gasteiger partial charge in [0, 0.05) is 25.3 Å². The van der Waals surface area contributed by atoms with Gasteiger partial charge >= 0.3 is 6.03 Å². The Hall–Kier alpha value is -2.90. The van der Waals surface area contributed by atoms with Gasteiger partial charge in [0.25, 0.3) is 11.8 Å². The van der Waals surface area contributed by atoms with Crippen LogP contribution in [0.5, 0.6) is 0 Å². The maximum atomic E-state index is 12.7. The highest BCUT2D eigenvalue weighted by molar-refractivity contribution is 6.10. The van der Waals surface area contributed by atoms with Crippen molar-refractivity contribution in [3.8, 4) is 0 Å². The number of unbranched alkanes of at least 4 members (excludes halogenated alkanes) is 3. The first-order valence-corrected chi connectivity index (χ1v) is 9.93. The third-order valence-corrected chi connectivity index (χ3v) is 5.00. The second kappa shape index (κ2) is 9.54. The van der Waals surface area contributed by atoms with Crippen LogP contribution in [0.4, 0.5) is 10.5 Å². The molecule has 8 nitrogen and oxygen atoms in total. The van der Waals surface area contributed by atoms with Crippen LogP contribution in [0.2, 0.25) is 0 Å². The molecule has 158 valence electrons. The number of carbonyl (C=O) groups excluding carboxylic acids is 4. The molecule has 5 amide bonds. The van der Waals surface area contributed by atoms with Gasteiger partial charge in [0.15, 0.2) is 0 Å². The van der Waals surface area contributed by atoms with Gasteiger partial charge in [-0.15, -0.1) is 0 Å². The lowest BCUT2D eigenvalue weighted by atomic mass is 9.94. The highest BCUT2D eigenvalue weighted by Crippen LogP contribution is 2.24. The Morgan fingerprint density at radius 3 is 2.34 bits per heavy atom. The minimum atomic E-state index is -0.959. The van der Waals surface area contributed by atoms with Crippen molar-refractivity contribution in [2.24, 2.45) is 0 Å². The molecule has 0 aliphatic carbocycles. The summed E-state index contributed by atoms with van der Waals surface area (Å²) in [5, 5.41) is 5.38. The summed E-state index contributed by atoms with van der Waals surface area (Å²) in [6.07, 6.45) is 4.57. The Balaban J connectivity index is 1.93. The van der Waals surface area contributed by atoms with Crippen LogP contribution in [-0.4, -0.2) is 59.7 Å². The molecule has 2 rings (SSSR count). The largest absolute Gasteiger partial charge is 0.345 e. The normalized spacial score (nSPS) is 18.6. The van der Waals surface area contributed by atoms with Gasteiger partial charge in [-0.25, -0.2) is 4.79 Å². The van der Waals surface area contributed by atoms with Crippen molar-refractivity contribution in [3.63, 3.8) is 0 Å². The van der Waals surface area contributed by atoms with Crippen molar-refractivity contribution in [2.75, 3.05) is 26.0 Å². The van der Waals surface area contributed by atoms with Gasteiger partial charge < -0.3 is 15.5 Å². The second-order valence-corrected chi connectivity index (χ2v) is 7.79. The third-order valence-electron chi connectivity index (χ3n) is 5.00. The average Bonchev–Trinajstić information content (AvgIpc) is 2.88. The van der Waals surface area contributed by atoms with Crippen molar-refractivity contribution in [1.82, 2.24) is 15.1 Å².